The Morgan fingerprint density at radius 2 is 2.62 bits per heavy atom. The Morgan fingerprint density at radius 1 is 1.88 bits per heavy atom. The molecule has 0 aliphatic carbocycles. The summed E-state index contributed by atoms with van der Waals surface area (Å²) < 4.78 is 5.06. The Labute approximate surface area is 54.4 Å². The van der Waals surface area contributed by atoms with Gasteiger partial charge in [0.05, 0.1) is 18.4 Å². The maximum Gasteiger partial charge on any atom is 0.207 e. The van der Waals surface area contributed by atoms with Crippen LogP contribution >= 0.6 is 15.9 Å². The van der Waals surface area contributed by atoms with Crippen LogP contribution in [0.25, 0.3) is 0 Å². The van der Waals surface area contributed by atoms with E-state index in [2.05, 4.69) is 25.6 Å². The molecule has 0 bridgehead atoms. The van der Waals surface area contributed by atoms with Crippen LogP contribution in [0.15, 0.2) is 15.4 Å². The topological polar surface area (TPSA) is 46.3 Å². The van der Waals surface area contributed by atoms with Crippen molar-refractivity contribution < 1.29 is 9.63 Å². The normalized spacial score (nSPS) is 9.75. The van der Waals surface area contributed by atoms with Gasteiger partial charge in [0, 0.05) is 0 Å². The maximum atomic E-state index is 8.48. The molecule has 0 aromatic carbocycles. The molecule has 0 amide bonds. The van der Waals surface area contributed by atoms with Crippen LogP contribution in [0.1, 0.15) is 5.56 Å². The van der Waals surface area contributed by atoms with E-state index in [4.69, 9.17) is 5.11 Å². The van der Waals surface area contributed by atoms with Crippen molar-refractivity contribution >= 4 is 15.9 Å². The van der Waals surface area contributed by atoms with E-state index in [1.165, 1.54) is 6.20 Å². The molecule has 8 heavy (non-hydrogen) atoms. The molecule has 3 nitrogen and oxygen atoms in total. The van der Waals surface area contributed by atoms with E-state index in [-0.39, 0.29) is 6.61 Å². The molecule has 0 spiro atoms. The van der Waals surface area contributed by atoms with Crippen LogP contribution in [-0.4, -0.2) is 10.3 Å². The lowest BCUT2D eigenvalue weighted by Gasteiger charge is -1.81. The zero-order valence-corrected chi connectivity index (χ0v) is 5.55. The molecule has 1 aromatic rings. The Kier molecular flexibility index (Phi) is 1.65. The van der Waals surface area contributed by atoms with Crippen LogP contribution in [-0.2, 0) is 6.61 Å². The van der Waals surface area contributed by atoms with Gasteiger partial charge in [-0.15, -0.1) is 0 Å². The lowest BCUT2D eigenvalue weighted by atomic mass is 10.4. The van der Waals surface area contributed by atoms with E-state index in [9.17, 15) is 0 Å². The molecule has 0 aliphatic heterocycles. The molecule has 1 aromatic heterocycles. The summed E-state index contributed by atoms with van der Waals surface area (Å²) in [6, 6.07) is 0. The van der Waals surface area contributed by atoms with Crippen molar-refractivity contribution in [3.8, 4) is 0 Å². The molecule has 0 saturated carbocycles. The molecule has 1 heterocycles. The fraction of sp³-hybridized carbons (Fsp3) is 0.250. The third kappa shape index (κ3) is 0.900. The Hall–Kier alpha value is -0.350. The second-order valence-corrected chi connectivity index (χ2v) is 2.00. The van der Waals surface area contributed by atoms with Gasteiger partial charge in [0.15, 0.2) is 0 Å². The van der Waals surface area contributed by atoms with Gasteiger partial charge in [0.1, 0.15) is 0 Å². The summed E-state index contributed by atoms with van der Waals surface area (Å²) in [6.45, 7) is -0.0376. The summed E-state index contributed by atoms with van der Waals surface area (Å²) >= 11 is 3.04. The molecule has 0 radical (unpaired) electrons. The predicted molar refractivity (Wildman–Crippen MR) is 30.1 cm³/mol. The molecule has 0 atom stereocenters. The first-order valence-electron chi connectivity index (χ1n) is 2.04. The van der Waals surface area contributed by atoms with Crippen molar-refractivity contribution in [3.63, 3.8) is 0 Å². The quantitative estimate of drug-likeness (QED) is 0.695. The molecular weight excluding hydrogens is 174 g/mol. The first-order valence-corrected chi connectivity index (χ1v) is 2.84. The van der Waals surface area contributed by atoms with Crippen LogP contribution in [0.5, 0.6) is 0 Å². The minimum Gasteiger partial charge on any atom is -0.391 e. The molecule has 0 saturated heterocycles. The summed E-state index contributed by atoms with van der Waals surface area (Å²) in [5, 5.41) is 11.9. The largest absolute Gasteiger partial charge is 0.391 e. The Morgan fingerprint density at radius 3 is 2.88 bits per heavy atom. The van der Waals surface area contributed by atoms with Gasteiger partial charge in [-0.05, 0) is 15.9 Å². The van der Waals surface area contributed by atoms with Crippen LogP contribution < -0.4 is 0 Å². The molecule has 0 unspecified atom stereocenters. The number of rotatable bonds is 1. The summed E-state index contributed by atoms with van der Waals surface area (Å²) in [4.78, 5) is 0. The average Bonchev–Trinajstić information content (AvgIpc) is 2.14. The van der Waals surface area contributed by atoms with E-state index >= 15 is 0 Å². The predicted octanol–water partition coefficient (Wildman–Crippen LogP) is 0.929. The highest BCUT2D eigenvalue weighted by atomic mass is 79.9. The molecule has 1 rings (SSSR count). The van der Waals surface area contributed by atoms with Crippen molar-refractivity contribution in [2.45, 2.75) is 6.61 Å². The molecular formula is C4H4BrNO2. The van der Waals surface area contributed by atoms with Gasteiger partial charge in [0.25, 0.3) is 0 Å². The summed E-state index contributed by atoms with van der Waals surface area (Å²) in [6.07, 6.45) is 1.46. The average molecular weight is 178 g/mol. The first-order chi connectivity index (χ1) is 3.84. The number of hydrogen-bond donors (Lipinski definition) is 1. The number of aliphatic hydroxyl groups is 1. The van der Waals surface area contributed by atoms with Gasteiger partial charge in [0.2, 0.25) is 4.67 Å². The van der Waals surface area contributed by atoms with Crippen molar-refractivity contribution in [1.29, 1.82) is 0 Å². The van der Waals surface area contributed by atoms with E-state index < -0.39 is 0 Å². The zero-order chi connectivity index (χ0) is 5.98. The van der Waals surface area contributed by atoms with E-state index in [1.54, 1.807) is 0 Å². The number of aliphatic hydroxyl groups excluding tert-OH is 1. The van der Waals surface area contributed by atoms with Gasteiger partial charge in [-0.1, -0.05) is 5.16 Å². The van der Waals surface area contributed by atoms with Crippen molar-refractivity contribution in [3.05, 3.63) is 16.4 Å². The molecule has 44 valence electrons. The zero-order valence-electron chi connectivity index (χ0n) is 3.97. The fourth-order valence-electron chi connectivity index (χ4n) is 0.349. The lowest BCUT2D eigenvalue weighted by molar-refractivity contribution is 0.278. The lowest BCUT2D eigenvalue weighted by Crippen LogP contribution is -1.76. The standard InChI is InChI=1S/C4H4BrNO2/c5-4-3(2-7)1-6-8-4/h1,7H,2H2. The van der Waals surface area contributed by atoms with Gasteiger partial charge < -0.3 is 9.63 Å². The minimum absolute atomic E-state index is 0.0376. The summed E-state index contributed by atoms with van der Waals surface area (Å²) in [5.41, 5.74) is 0.671. The monoisotopic (exact) mass is 177 g/mol. The smallest absolute Gasteiger partial charge is 0.207 e. The second-order valence-electron chi connectivity index (χ2n) is 1.28. The van der Waals surface area contributed by atoms with Crippen molar-refractivity contribution in [2.24, 2.45) is 0 Å². The van der Waals surface area contributed by atoms with Gasteiger partial charge in [-0.2, -0.15) is 0 Å². The Balaban J connectivity index is 2.92. The van der Waals surface area contributed by atoms with Crippen molar-refractivity contribution in [2.75, 3.05) is 0 Å². The van der Waals surface area contributed by atoms with Crippen molar-refractivity contribution in [1.82, 2.24) is 5.16 Å². The molecule has 1 N–H and O–H groups in total. The fourth-order valence-corrected chi connectivity index (χ4v) is 0.660. The van der Waals surface area contributed by atoms with Crippen LogP contribution in [0.2, 0.25) is 0 Å². The van der Waals surface area contributed by atoms with E-state index in [0.717, 1.165) is 0 Å². The minimum atomic E-state index is -0.0376. The summed E-state index contributed by atoms with van der Waals surface area (Å²) in [5.74, 6) is 0. The maximum absolute atomic E-state index is 8.48. The first kappa shape index (κ1) is 5.78. The highest BCUT2D eigenvalue weighted by Gasteiger charge is 1.99. The highest BCUT2D eigenvalue weighted by molar-refractivity contribution is 9.10. The number of halogens is 1. The van der Waals surface area contributed by atoms with Crippen LogP contribution in [0.3, 0.4) is 0 Å². The molecule has 0 aliphatic rings. The molecule has 0 fully saturated rings. The molecule has 4 heteroatoms. The van der Waals surface area contributed by atoms with Crippen LogP contribution in [0.4, 0.5) is 0 Å². The van der Waals surface area contributed by atoms with Gasteiger partial charge in [-0.25, -0.2) is 0 Å². The Bertz CT molecular complexity index is 174. The van der Waals surface area contributed by atoms with Gasteiger partial charge >= 0.3 is 0 Å². The third-order valence-electron chi connectivity index (χ3n) is 0.764. The summed E-state index contributed by atoms with van der Waals surface area (Å²) in [7, 11) is 0. The second kappa shape index (κ2) is 2.28. The SMILES string of the molecule is OCc1cnoc1Br. The van der Waals surface area contributed by atoms with E-state index in [1.807, 2.05) is 0 Å². The van der Waals surface area contributed by atoms with Crippen LogP contribution in [0, 0.1) is 0 Å². The number of hydrogen-bond acceptors (Lipinski definition) is 3. The highest BCUT2D eigenvalue weighted by Crippen LogP contribution is 2.13. The van der Waals surface area contributed by atoms with Gasteiger partial charge in [-0.3, -0.25) is 0 Å². The third-order valence-corrected chi connectivity index (χ3v) is 1.42. The van der Waals surface area contributed by atoms with E-state index in [0.29, 0.717) is 10.2 Å². The number of aromatic nitrogens is 1. The number of nitrogens with zero attached hydrogens (tertiary/aromatic N) is 1.